The van der Waals surface area contributed by atoms with E-state index >= 15 is 0 Å². The lowest BCUT2D eigenvalue weighted by molar-refractivity contribution is -0.146. The van der Waals surface area contributed by atoms with Crippen molar-refractivity contribution in [2.24, 2.45) is 5.92 Å². The Labute approximate surface area is 202 Å². The molecule has 184 valence electrons. The first-order chi connectivity index (χ1) is 16.7. The number of hydrogen-bond donors (Lipinski definition) is 1. The number of alkyl halides is 3. The number of methoxy groups -OCH3 is 1. The Morgan fingerprint density at radius 1 is 1.37 bits per heavy atom. The normalized spacial score (nSPS) is 15.9. The largest absolute Gasteiger partial charge is 0.493 e. The van der Waals surface area contributed by atoms with Gasteiger partial charge < -0.3 is 15.0 Å². The standard InChI is InChI=1S/C23H23F3N6O2S/c1-31(8-6-23(24,25)26)22(33)13-3-4-15-18(9-13)35-21-19(15)20(27-12-28-21)30-16-10-14-5-7-29-32(14)11-17(16)34-2/h5,7,10-13H,3-4,6,8-9H2,1-2H3,(H,27,28,30). The predicted octanol–water partition coefficient (Wildman–Crippen LogP) is 4.61. The molecule has 0 bridgehead atoms. The Balaban J connectivity index is 1.41. The number of nitrogens with zero attached hydrogens (tertiary/aromatic N) is 5. The molecule has 0 saturated carbocycles. The highest BCUT2D eigenvalue weighted by molar-refractivity contribution is 7.19. The number of carbonyl (C=O) groups excluding carboxylic acids is 1. The lowest BCUT2D eigenvalue weighted by atomic mass is 9.87. The van der Waals surface area contributed by atoms with Crippen molar-refractivity contribution >= 4 is 44.5 Å². The second kappa shape index (κ2) is 8.99. The molecule has 5 rings (SSSR count). The molecule has 0 aromatic carbocycles. The Hall–Kier alpha value is -3.41. The van der Waals surface area contributed by atoms with Crippen LogP contribution in [0.25, 0.3) is 15.7 Å². The summed E-state index contributed by atoms with van der Waals surface area (Å²) in [6.07, 6.45) is 1.36. The molecule has 0 aliphatic heterocycles. The van der Waals surface area contributed by atoms with E-state index in [-0.39, 0.29) is 18.4 Å². The van der Waals surface area contributed by atoms with E-state index in [0.29, 0.717) is 30.8 Å². The minimum Gasteiger partial charge on any atom is -0.493 e. The molecule has 1 aliphatic rings. The molecule has 1 atom stereocenters. The summed E-state index contributed by atoms with van der Waals surface area (Å²) in [5.74, 6) is 0.648. The van der Waals surface area contributed by atoms with Crippen molar-refractivity contribution in [3.05, 3.63) is 41.3 Å². The average Bonchev–Trinajstić information content (AvgIpc) is 3.44. The number of fused-ring (bicyclic) bond motifs is 4. The van der Waals surface area contributed by atoms with E-state index in [0.717, 1.165) is 31.9 Å². The zero-order chi connectivity index (χ0) is 24.7. The van der Waals surface area contributed by atoms with E-state index in [1.807, 2.05) is 12.1 Å². The van der Waals surface area contributed by atoms with Crippen LogP contribution >= 0.6 is 11.3 Å². The summed E-state index contributed by atoms with van der Waals surface area (Å²) in [6, 6.07) is 3.81. The number of aromatic nitrogens is 4. The van der Waals surface area contributed by atoms with Crippen LogP contribution in [0.1, 0.15) is 23.3 Å². The van der Waals surface area contributed by atoms with Gasteiger partial charge in [-0.25, -0.2) is 14.5 Å². The van der Waals surface area contributed by atoms with Crippen molar-refractivity contribution < 1.29 is 22.7 Å². The Morgan fingerprint density at radius 2 is 2.20 bits per heavy atom. The molecule has 4 aromatic rings. The van der Waals surface area contributed by atoms with E-state index in [1.54, 1.807) is 24.0 Å². The molecule has 1 N–H and O–H groups in total. The third-order valence-electron chi connectivity index (χ3n) is 6.27. The number of ether oxygens (including phenoxy) is 1. The lowest BCUT2D eigenvalue weighted by Gasteiger charge is -2.27. The SMILES string of the molecule is COc1cn2nccc2cc1Nc1ncnc2sc3c(c12)CCC(C(=O)N(C)CCC(F)(F)F)C3. The van der Waals surface area contributed by atoms with Gasteiger partial charge in [-0.3, -0.25) is 4.79 Å². The van der Waals surface area contributed by atoms with Crippen LogP contribution in [-0.4, -0.2) is 57.3 Å². The number of pyridine rings is 1. The van der Waals surface area contributed by atoms with Crippen molar-refractivity contribution in [1.29, 1.82) is 0 Å². The fraction of sp³-hybridized carbons (Fsp3) is 0.391. The van der Waals surface area contributed by atoms with Gasteiger partial charge in [0.05, 0.1) is 36.3 Å². The quantitative estimate of drug-likeness (QED) is 0.413. The number of hydrogen-bond acceptors (Lipinski definition) is 7. The third kappa shape index (κ3) is 4.62. The number of nitrogens with one attached hydrogen (secondary N) is 1. The topological polar surface area (TPSA) is 84.6 Å². The fourth-order valence-corrected chi connectivity index (χ4v) is 5.73. The number of amides is 1. The van der Waals surface area contributed by atoms with Gasteiger partial charge >= 0.3 is 6.18 Å². The first-order valence-electron chi connectivity index (χ1n) is 11.1. The van der Waals surface area contributed by atoms with Crippen LogP contribution in [0.4, 0.5) is 24.7 Å². The number of anilines is 2. The maximum atomic E-state index is 12.8. The summed E-state index contributed by atoms with van der Waals surface area (Å²) in [4.78, 5) is 24.7. The van der Waals surface area contributed by atoms with Crippen LogP contribution in [0.3, 0.4) is 0 Å². The number of carbonyl (C=O) groups is 1. The highest BCUT2D eigenvalue weighted by Crippen LogP contribution is 2.41. The molecule has 35 heavy (non-hydrogen) atoms. The monoisotopic (exact) mass is 504 g/mol. The molecule has 0 radical (unpaired) electrons. The van der Waals surface area contributed by atoms with Crippen molar-refractivity contribution in [3.63, 3.8) is 0 Å². The van der Waals surface area contributed by atoms with Gasteiger partial charge in [-0.2, -0.15) is 18.3 Å². The van der Waals surface area contributed by atoms with E-state index in [2.05, 4.69) is 20.4 Å². The molecule has 0 saturated heterocycles. The van der Waals surface area contributed by atoms with Gasteiger partial charge in [0.2, 0.25) is 5.91 Å². The highest BCUT2D eigenvalue weighted by Gasteiger charge is 2.33. The van der Waals surface area contributed by atoms with Gasteiger partial charge in [-0.1, -0.05) is 0 Å². The summed E-state index contributed by atoms with van der Waals surface area (Å²) in [5.41, 5.74) is 2.71. The molecule has 0 fully saturated rings. The molecule has 1 aliphatic carbocycles. The molecule has 4 aromatic heterocycles. The predicted molar refractivity (Wildman–Crippen MR) is 126 cm³/mol. The Morgan fingerprint density at radius 3 is 2.97 bits per heavy atom. The highest BCUT2D eigenvalue weighted by atomic mass is 32.1. The van der Waals surface area contributed by atoms with E-state index in [1.165, 1.54) is 29.6 Å². The third-order valence-corrected chi connectivity index (χ3v) is 7.43. The number of rotatable bonds is 6. The molecule has 1 amide bonds. The Bertz CT molecular complexity index is 1400. The zero-order valence-electron chi connectivity index (χ0n) is 19.1. The van der Waals surface area contributed by atoms with Crippen molar-refractivity contribution in [3.8, 4) is 5.75 Å². The maximum Gasteiger partial charge on any atom is 0.390 e. The smallest absolute Gasteiger partial charge is 0.390 e. The second-order valence-corrected chi connectivity index (χ2v) is 9.64. The first kappa shape index (κ1) is 23.3. The van der Waals surface area contributed by atoms with Crippen LogP contribution in [-0.2, 0) is 17.6 Å². The van der Waals surface area contributed by atoms with Crippen LogP contribution in [0, 0.1) is 5.92 Å². The van der Waals surface area contributed by atoms with Gasteiger partial charge in [-0.05, 0) is 37.0 Å². The summed E-state index contributed by atoms with van der Waals surface area (Å²) in [5, 5.41) is 8.51. The van der Waals surface area contributed by atoms with Gasteiger partial charge in [0.25, 0.3) is 0 Å². The minimum absolute atomic E-state index is 0.249. The Kier molecular flexibility index (Phi) is 5.99. The van der Waals surface area contributed by atoms with E-state index in [9.17, 15) is 18.0 Å². The summed E-state index contributed by atoms with van der Waals surface area (Å²) in [7, 11) is 3.02. The molecule has 0 spiro atoms. The summed E-state index contributed by atoms with van der Waals surface area (Å²) >= 11 is 1.50. The maximum absolute atomic E-state index is 12.8. The summed E-state index contributed by atoms with van der Waals surface area (Å²) < 4.78 is 45.0. The van der Waals surface area contributed by atoms with Gasteiger partial charge in [0.15, 0.2) is 5.75 Å². The molecule has 12 heteroatoms. The number of halogens is 3. The van der Waals surface area contributed by atoms with Crippen LogP contribution in [0.15, 0.2) is 30.9 Å². The van der Waals surface area contributed by atoms with Gasteiger partial charge in [0.1, 0.15) is 17.0 Å². The number of thiophene rings is 1. The van der Waals surface area contributed by atoms with E-state index < -0.39 is 12.6 Å². The molecular weight excluding hydrogens is 481 g/mol. The molecule has 8 nitrogen and oxygen atoms in total. The van der Waals surface area contributed by atoms with Crippen molar-refractivity contribution in [2.45, 2.75) is 31.9 Å². The first-order valence-corrected chi connectivity index (χ1v) is 11.9. The minimum atomic E-state index is -4.28. The summed E-state index contributed by atoms with van der Waals surface area (Å²) in [6.45, 7) is -0.332. The van der Waals surface area contributed by atoms with E-state index in [4.69, 9.17) is 4.74 Å². The van der Waals surface area contributed by atoms with Crippen LogP contribution in [0.5, 0.6) is 5.75 Å². The molecule has 4 heterocycles. The van der Waals surface area contributed by atoms with Gasteiger partial charge in [0, 0.05) is 30.6 Å². The second-order valence-electron chi connectivity index (χ2n) is 8.55. The van der Waals surface area contributed by atoms with Crippen LogP contribution in [0.2, 0.25) is 0 Å². The molecule has 1 unspecified atom stereocenters. The van der Waals surface area contributed by atoms with Crippen molar-refractivity contribution in [2.75, 3.05) is 26.0 Å². The van der Waals surface area contributed by atoms with Crippen molar-refractivity contribution in [1.82, 2.24) is 24.5 Å². The molecular formula is C23H23F3N6O2S. The van der Waals surface area contributed by atoms with Gasteiger partial charge in [-0.15, -0.1) is 11.3 Å². The average molecular weight is 505 g/mol. The number of aryl methyl sites for hydroxylation is 1. The fourth-order valence-electron chi connectivity index (χ4n) is 4.47. The van der Waals surface area contributed by atoms with Crippen LogP contribution < -0.4 is 10.1 Å². The zero-order valence-corrected chi connectivity index (χ0v) is 19.9. The lowest BCUT2D eigenvalue weighted by Crippen LogP contribution is -2.37.